The van der Waals surface area contributed by atoms with E-state index in [-0.39, 0.29) is 0 Å². The molecule has 2 heteroatoms. The predicted molar refractivity (Wildman–Crippen MR) is 55.5 cm³/mol. The SMILES string of the molecule is CN(C)/C([S-])=C/c1ccccc1. The van der Waals surface area contributed by atoms with Crippen molar-refractivity contribution in [2.45, 2.75) is 0 Å². The third-order valence-corrected chi connectivity index (χ3v) is 2.01. The van der Waals surface area contributed by atoms with E-state index in [1.807, 2.05) is 55.4 Å². The van der Waals surface area contributed by atoms with Crippen molar-refractivity contribution in [3.63, 3.8) is 0 Å². The Morgan fingerprint density at radius 3 is 2.33 bits per heavy atom. The van der Waals surface area contributed by atoms with E-state index in [1.165, 1.54) is 0 Å². The van der Waals surface area contributed by atoms with Gasteiger partial charge in [0.05, 0.1) is 0 Å². The Bertz CT molecular complexity index is 264. The van der Waals surface area contributed by atoms with Gasteiger partial charge in [0.25, 0.3) is 0 Å². The zero-order chi connectivity index (χ0) is 8.97. The van der Waals surface area contributed by atoms with E-state index < -0.39 is 0 Å². The van der Waals surface area contributed by atoms with Crippen molar-refractivity contribution in [2.24, 2.45) is 0 Å². The molecular formula is C10H12NS-. The van der Waals surface area contributed by atoms with Crippen LogP contribution in [-0.4, -0.2) is 19.0 Å². The maximum atomic E-state index is 5.13. The molecule has 1 aromatic rings. The normalized spacial score (nSPS) is 11.3. The Balaban J connectivity index is 2.81. The van der Waals surface area contributed by atoms with E-state index in [9.17, 15) is 0 Å². The zero-order valence-corrected chi connectivity index (χ0v) is 8.14. The lowest BCUT2D eigenvalue weighted by Crippen LogP contribution is -2.08. The summed E-state index contributed by atoms with van der Waals surface area (Å²) in [6, 6.07) is 10.1. The first-order chi connectivity index (χ1) is 5.70. The van der Waals surface area contributed by atoms with Crippen molar-refractivity contribution in [1.82, 2.24) is 4.90 Å². The van der Waals surface area contributed by atoms with Gasteiger partial charge in [0.2, 0.25) is 0 Å². The Morgan fingerprint density at radius 2 is 1.83 bits per heavy atom. The van der Waals surface area contributed by atoms with Gasteiger partial charge in [0.1, 0.15) is 0 Å². The van der Waals surface area contributed by atoms with Gasteiger partial charge < -0.3 is 17.5 Å². The molecule has 0 saturated heterocycles. The van der Waals surface area contributed by atoms with Crippen LogP contribution in [0, 0.1) is 0 Å². The largest absolute Gasteiger partial charge is 0.763 e. The summed E-state index contributed by atoms with van der Waals surface area (Å²) in [7, 11) is 3.89. The van der Waals surface area contributed by atoms with E-state index in [1.54, 1.807) is 0 Å². The molecule has 1 aromatic carbocycles. The van der Waals surface area contributed by atoms with Crippen LogP contribution >= 0.6 is 0 Å². The molecule has 0 aliphatic carbocycles. The molecule has 0 unspecified atom stereocenters. The molecule has 0 amide bonds. The number of nitrogens with zero attached hydrogens (tertiary/aromatic N) is 1. The average molecular weight is 178 g/mol. The van der Waals surface area contributed by atoms with Gasteiger partial charge >= 0.3 is 0 Å². The second-order valence-electron chi connectivity index (χ2n) is 2.79. The van der Waals surface area contributed by atoms with E-state index in [0.29, 0.717) is 0 Å². The van der Waals surface area contributed by atoms with E-state index in [0.717, 1.165) is 10.6 Å². The van der Waals surface area contributed by atoms with Gasteiger partial charge in [-0.05, 0) is 5.56 Å². The quantitative estimate of drug-likeness (QED) is 0.638. The van der Waals surface area contributed by atoms with Crippen LogP contribution in [0.2, 0.25) is 0 Å². The molecule has 12 heavy (non-hydrogen) atoms. The second-order valence-corrected chi connectivity index (χ2v) is 3.21. The summed E-state index contributed by atoms with van der Waals surface area (Å²) < 4.78 is 0. The third-order valence-electron chi connectivity index (χ3n) is 1.53. The van der Waals surface area contributed by atoms with E-state index in [4.69, 9.17) is 12.6 Å². The standard InChI is InChI=1S/C10H13NS/c1-11(2)10(12)8-9-6-4-3-5-7-9/h3-8,12H,1-2H3/p-1/b10-8-. The fraction of sp³-hybridized carbons (Fsp3) is 0.200. The molecule has 1 rings (SSSR count). The maximum Gasteiger partial charge on any atom is 0.00397 e. The number of hydrogen-bond acceptors (Lipinski definition) is 2. The molecule has 0 bridgehead atoms. The van der Waals surface area contributed by atoms with Crippen molar-refractivity contribution in [2.75, 3.05) is 14.1 Å². The third kappa shape index (κ3) is 2.55. The lowest BCUT2D eigenvalue weighted by molar-refractivity contribution is 0.555. The first kappa shape index (κ1) is 9.07. The number of benzene rings is 1. The Morgan fingerprint density at radius 1 is 1.25 bits per heavy atom. The molecule has 64 valence electrons. The van der Waals surface area contributed by atoms with Crippen LogP contribution in [0.3, 0.4) is 0 Å². The Kier molecular flexibility index (Phi) is 3.11. The van der Waals surface area contributed by atoms with Crippen molar-refractivity contribution in [3.05, 3.63) is 40.9 Å². The van der Waals surface area contributed by atoms with Crippen LogP contribution in [0.1, 0.15) is 5.56 Å². The fourth-order valence-electron chi connectivity index (χ4n) is 0.821. The predicted octanol–water partition coefficient (Wildman–Crippen LogP) is 2.09. The highest BCUT2D eigenvalue weighted by Crippen LogP contribution is 2.06. The topological polar surface area (TPSA) is 3.24 Å². The summed E-state index contributed by atoms with van der Waals surface area (Å²) in [4.78, 5) is 1.92. The summed E-state index contributed by atoms with van der Waals surface area (Å²) in [5, 5.41) is 0.848. The molecule has 0 N–H and O–H groups in total. The molecule has 0 aliphatic heterocycles. The van der Waals surface area contributed by atoms with Gasteiger partial charge in [-0.3, -0.25) is 0 Å². The summed E-state index contributed by atoms with van der Waals surface area (Å²) in [5.74, 6) is 0. The van der Waals surface area contributed by atoms with Gasteiger partial charge in [0, 0.05) is 14.1 Å². The molecule has 0 radical (unpaired) electrons. The van der Waals surface area contributed by atoms with Gasteiger partial charge in [-0.2, -0.15) is 0 Å². The highest BCUT2D eigenvalue weighted by Gasteiger charge is 1.84. The minimum atomic E-state index is 0.848. The monoisotopic (exact) mass is 178 g/mol. The number of hydrogen-bond donors (Lipinski definition) is 0. The van der Waals surface area contributed by atoms with Crippen molar-refractivity contribution in [3.8, 4) is 0 Å². The molecule has 1 nitrogen and oxygen atoms in total. The summed E-state index contributed by atoms with van der Waals surface area (Å²) in [6.07, 6.45) is 1.98. The Labute approximate surface area is 79.1 Å². The molecule has 0 aromatic heterocycles. The van der Waals surface area contributed by atoms with Crippen LogP contribution in [0.5, 0.6) is 0 Å². The van der Waals surface area contributed by atoms with Crippen molar-refractivity contribution < 1.29 is 0 Å². The average Bonchev–Trinajstić information content (AvgIpc) is 2.06. The maximum absolute atomic E-state index is 5.13. The molecule has 0 saturated carbocycles. The van der Waals surface area contributed by atoms with Gasteiger partial charge in [0.15, 0.2) is 0 Å². The summed E-state index contributed by atoms with van der Waals surface area (Å²) >= 11 is 5.13. The summed E-state index contributed by atoms with van der Waals surface area (Å²) in [6.45, 7) is 0. The van der Waals surface area contributed by atoms with Crippen LogP contribution in [0.15, 0.2) is 35.4 Å². The minimum Gasteiger partial charge on any atom is -0.763 e. The highest BCUT2D eigenvalue weighted by atomic mass is 32.1. The molecule has 0 heterocycles. The molecule has 0 atom stereocenters. The molecular weight excluding hydrogens is 166 g/mol. The van der Waals surface area contributed by atoms with E-state index >= 15 is 0 Å². The smallest absolute Gasteiger partial charge is 0.00397 e. The highest BCUT2D eigenvalue weighted by molar-refractivity contribution is 7.63. The van der Waals surface area contributed by atoms with Crippen LogP contribution in [0.25, 0.3) is 6.08 Å². The first-order valence-electron chi connectivity index (χ1n) is 3.81. The molecule has 0 aliphatic rings. The number of rotatable bonds is 2. The zero-order valence-electron chi connectivity index (χ0n) is 7.32. The van der Waals surface area contributed by atoms with Crippen LogP contribution < -0.4 is 0 Å². The van der Waals surface area contributed by atoms with Gasteiger partial charge in [-0.15, -0.1) is 5.03 Å². The fourth-order valence-corrected chi connectivity index (χ4v) is 0.957. The first-order valence-corrected chi connectivity index (χ1v) is 4.22. The van der Waals surface area contributed by atoms with Crippen molar-refractivity contribution >= 4 is 18.7 Å². The van der Waals surface area contributed by atoms with Gasteiger partial charge in [-0.25, -0.2) is 0 Å². The van der Waals surface area contributed by atoms with Gasteiger partial charge in [-0.1, -0.05) is 36.4 Å². The van der Waals surface area contributed by atoms with Crippen LogP contribution in [0.4, 0.5) is 0 Å². The Hall–Kier alpha value is -1.02. The summed E-state index contributed by atoms with van der Waals surface area (Å²) in [5.41, 5.74) is 1.15. The second kappa shape index (κ2) is 4.12. The van der Waals surface area contributed by atoms with E-state index in [2.05, 4.69) is 0 Å². The van der Waals surface area contributed by atoms with Crippen LogP contribution in [-0.2, 0) is 12.6 Å². The lowest BCUT2D eigenvalue weighted by atomic mass is 10.2. The van der Waals surface area contributed by atoms with Crippen molar-refractivity contribution in [1.29, 1.82) is 0 Å². The molecule has 0 fully saturated rings. The minimum absolute atomic E-state index is 0.848. The molecule has 0 spiro atoms. The lowest BCUT2D eigenvalue weighted by Gasteiger charge is -2.22.